The third-order valence-corrected chi connectivity index (χ3v) is 10.4. The number of carbonyl (C=O) groups excluding carboxylic acids is 2. The van der Waals surface area contributed by atoms with Crippen molar-refractivity contribution in [1.29, 1.82) is 0 Å². The van der Waals surface area contributed by atoms with Gasteiger partial charge >= 0.3 is 0 Å². The Kier molecular flexibility index (Phi) is 14.3. The molecule has 2 aromatic carbocycles. The molecule has 2 aromatic heterocycles. The van der Waals surface area contributed by atoms with E-state index >= 15 is 0 Å². The van der Waals surface area contributed by atoms with Crippen LogP contribution in [-0.2, 0) is 20.0 Å². The van der Waals surface area contributed by atoms with E-state index in [1.165, 1.54) is 7.05 Å². The second kappa shape index (κ2) is 15.9. The molecule has 0 saturated heterocycles. The first kappa shape index (κ1) is 38.7. The summed E-state index contributed by atoms with van der Waals surface area (Å²) in [4.78, 5) is 25.9. The van der Waals surface area contributed by atoms with Crippen LogP contribution in [0.4, 0.5) is 11.4 Å². The summed E-state index contributed by atoms with van der Waals surface area (Å²) in [7, 11) is -5.30. The van der Waals surface area contributed by atoms with Gasteiger partial charge in [-0.1, -0.05) is 36.4 Å². The van der Waals surface area contributed by atoms with Gasteiger partial charge in [0.1, 0.15) is 11.2 Å². The van der Waals surface area contributed by atoms with E-state index < -0.39 is 20.0 Å². The van der Waals surface area contributed by atoms with Gasteiger partial charge in [0, 0.05) is 98.3 Å². The molecule has 0 spiro atoms. The molecule has 17 heteroatoms. The summed E-state index contributed by atoms with van der Waals surface area (Å²) in [5, 5.41) is 1.36. The van der Waals surface area contributed by atoms with Crippen LogP contribution in [-0.4, -0.2) is 52.9 Å². The monoisotopic (exact) mass is 1100 g/mol. The molecular weight excluding hydrogens is 1070 g/mol. The average Bonchev–Trinajstić information content (AvgIpc) is 3.41. The van der Waals surface area contributed by atoms with Crippen molar-refractivity contribution in [2.75, 3.05) is 33.5 Å². The molecule has 238 valence electrons. The lowest BCUT2D eigenvalue weighted by molar-refractivity contribution is 0.0979. The van der Waals surface area contributed by atoms with Gasteiger partial charge in [-0.2, -0.15) is 0 Å². The van der Waals surface area contributed by atoms with Crippen molar-refractivity contribution in [2.45, 2.75) is 26.7 Å². The Labute approximate surface area is 309 Å². The number of fused-ring (bicyclic) bond motifs is 2. The minimum absolute atomic E-state index is 0. The Morgan fingerprint density at radius 2 is 1.26 bits per heavy atom. The first-order valence-corrected chi connectivity index (χ1v) is 21.7. The van der Waals surface area contributed by atoms with Gasteiger partial charge in [-0.25, -0.2) is 16.8 Å². The smallest absolute Gasteiger partial charge is 0.232 e. The molecule has 43 heavy (non-hydrogen) atoms. The van der Waals surface area contributed by atoms with Crippen LogP contribution in [0.5, 0.6) is 0 Å². The van der Waals surface area contributed by atoms with E-state index in [9.17, 15) is 26.4 Å². The molecule has 0 radical (unpaired) electrons. The Hall–Kier alpha value is -0.490. The lowest BCUT2D eigenvalue weighted by Gasteiger charge is -2.18. The summed E-state index contributed by atoms with van der Waals surface area (Å²) >= 11 is 12.8. The van der Waals surface area contributed by atoms with E-state index in [0.29, 0.717) is 73.8 Å². The zero-order chi connectivity index (χ0) is 33.0. The van der Waals surface area contributed by atoms with Crippen molar-refractivity contribution < 1.29 is 36.7 Å². The lowest BCUT2D eigenvalue weighted by atomic mass is 10.1. The molecular formula is C26H29Br2I3N2O8S2. The average molecular weight is 1100 g/mol. The fourth-order valence-corrected chi connectivity index (χ4v) is 7.77. The topological polar surface area (TPSA) is 144 Å². The van der Waals surface area contributed by atoms with Gasteiger partial charge in [0.05, 0.1) is 35.0 Å². The van der Waals surface area contributed by atoms with Crippen LogP contribution in [0.15, 0.2) is 42.0 Å². The standard InChI is InChI=1S/C13H13BrINO4S.C12H11BrINO4S.CH3I.H2/c1-4-10(17)12-7-5-8(14)9(16(2)21(3,18)19)6-11(7)20-13(12)15;1-3-9(16)11-6-4-7(13)8(15-20(2,17)18)5-10(6)19-12(11)14;1-2;/h5-6H,4H2,1-3H3;4-5,15H,3H2,1-2H3;1H3;1H/i;;;1+1. The Bertz CT molecular complexity index is 1910. The maximum Gasteiger partial charge on any atom is 0.232 e. The molecule has 0 saturated carbocycles. The maximum absolute atomic E-state index is 12.0. The number of carbonyl (C=O) groups is 2. The van der Waals surface area contributed by atoms with Crippen LogP contribution in [0.25, 0.3) is 21.9 Å². The molecule has 0 amide bonds. The van der Waals surface area contributed by atoms with E-state index in [1.54, 1.807) is 38.1 Å². The van der Waals surface area contributed by atoms with Crippen molar-refractivity contribution in [3.8, 4) is 0 Å². The highest BCUT2D eigenvalue weighted by Crippen LogP contribution is 2.37. The summed E-state index contributed by atoms with van der Waals surface area (Å²) in [6.07, 6.45) is 2.96. The van der Waals surface area contributed by atoms with E-state index in [-0.39, 0.29) is 13.0 Å². The van der Waals surface area contributed by atoms with Crippen LogP contribution in [0, 0.1) is 7.53 Å². The summed E-state index contributed by atoms with van der Waals surface area (Å²) in [5.41, 5.74) is 2.88. The minimum atomic E-state index is -3.38. The van der Waals surface area contributed by atoms with Crippen molar-refractivity contribution >= 4 is 165 Å². The molecule has 0 bridgehead atoms. The second-order valence-electron chi connectivity index (χ2n) is 8.79. The molecule has 10 nitrogen and oxygen atoms in total. The van der Waals surface area contributed by atoms with Crippen molar-refractivity contribution in [1.82, 2.24) is 0 Å². The SMILES string of the molecule is CCC(=O)c1c(I)oc2cc(N(C)S(C)(=O)=O)c(Br)cc12.CCC(=O)c1c(I)oc2cc(NS(C)(=O)=O)c(Br)cc12.CI.[2HH]. The first-order valence-electron chi connectivity index (χ1n) is 12.1. The molecule has 1 N–H and O–H groups in total. The van der Waals surface area contributed by atoms with E-state index in [2.05, 4.69) is 59.2 Å². The largest absolute Gasteiger partial charge is 0.449 e. The van der Waals surface area contributed by atoms with Gasteiger partial charge in [0.2, 0.25) is 20.0 Å². The van der Waals surface area contributed by atoms with E-state index in [0.717, 1.165) is 16.8 Å². The maximum atomic E-state index is 12.0. The van der Waals surface area contributed by atoms with Gasteiger partial charge in [-0.3, -0.25) is 18.6 Å². The quantitative estimate of drug-likeness (QED) is 0.105. The molecule has 4 rings (SSSR count). The number of ketones is 2. The van der Waals surface area contributed by atoms with Gasteiger partial charge in [0.15, 0.2) is 19.1 Å². The normalized spacial score (nSPS) is 11.4. The van der Waals surface area contributed by atoms with Crippen LogP contribution in [0.1, 0.15) is 48.8 Å². The predicted octanol–water partition coefficient (Wildman–Crippen LogP) is 8.85. The number of halogens is 5. The fourth-order valence-electron chi connectivity index (χ4n) is 3.73. The van der Waals surface area contributed by atoms with Crippen LogP contribution in [0.2, 0.25) is 0 Å². The van der Waals surface area contributed by atoms with E-state index in [4.69, 9.17) is 8.83 Å². The highest BCUT2D eigenvalue weighted by molar-refractivity contribution is 14.1. The number of nitrogens with zero attached hydrogens (tertiary/aromatic N) is 1. The summed E-state index contributed by atoms with van der Waals surface area (Å²) < 4.78 is 62.8. The van der Waals surface area contributed by atoms with Crippen LogP contribution in [0.3, 0.4) is 0 Å². The highest BCUT2D eigenvalue weighted by atomic mass is 127. The first-order chi connectivity index (χ1) is 19.9. The minimum Gasteiger partial charge on any atom is -0.449 e. The second-order valence-corrected chi connectivity index (χ2v) is 16.2. The Morgan fingerprint density at radius 3 is 1.65 bits per heavy atom. The molecule has 4 aromatic rings. The number of hydrogen-bond acceptors (Lipinski definition) is 8. The van der Waals surface area contributed by atoms with Crippen LogP contribution >= 0.6 is 99.6 Å². The highest BCUT2D eigenvalue weighted by Gasteiger charge is 2.23. The molecule has 0 unspecified atom stereocenters. The third kappa shape index (κ3) is 9.52. The van der Waals surface area contributed by atoms with Crippen molar-refractivity contribution in [2.24, 2.45) is 0 Å². The molecule has 2 heterocycles. The van der Waals surface area contributed by atoms with E-state index in [1.807, 2.05) is 50.1 Å². The molecule has 0 fully saturated rings. The van der Waals surface area contributed by atoms with Crippen molar-refractivity contribution in [3.63, 3.8) is 0 Å². The molecule has 0 atom stereocenters. The summed E-state index contributed by atoms with van der Waals surface area (Å²) in [6, 6.07) is 6.60. The Morgan fingerprint density at radius 1 is 0.837 bits per heavy atom. The van der Waals surface area contributed by atoms with Crippen LogP contribution < -0.4 is 9.03 Å². The summed E-state index contributed by atoms with van der Waals surface area (Å²) in [6.45, 7) is 3.57. The van der Waals surface area contributed by atoms with Crippen molar-refractivity contribution in [3.05, 3.63) is 51.9 Å². The Balaban J connectivity index is 0.000000408. The number of furan rings is 2. The number of sulfonamides is 2. The number of benzene rings is 2. The lowest BCUT2D eigenvalue weighted by Crippen LogP contribution is -2.25. The van der Waals surface area contributed by atoms with Gasteiger partial charge in [0.25, 0.3) is 0 Å². The van der Waals surface area contributed by atoms with Gasteiger partial charge in [-0.15, -0.1) is 0 Å². The molecule has 0 aliphatic rings. The number of Topliss-reactive ketones (excluding diaryl/α,β-unsaturated/α-hetero) is 2. The number of nitrogens with one attached hydrogen (secondary N) is 1. The number of rotatable bonds is 8. The predicted molar refractivity (Wildman–Crippen MR) is 206 cm³/mol. The van der Waals surface area contributed by atoms with Gasteiger partial charge in [-0.05, 0) is 48.9 Å². The zero-order valence-electron chi connectivity index (χ0n) is 23.6. The molecule has 0 aliphatic heterocycles. The zero-order valence-corrected chi connectivity index (χ0v) is 34.9. The summed E-state index contributed by atoms with van der Waals surface area (Å²) in [5.74, 6) is -0.0156. The third-order valence-electron chi connectivity index (χ3n) is 5.78. The number of alkyl halides is 1. The molecule has 0 aliphatic carbocycles. The van der Waals surface area contributed by atoms with Gasteiger partial charge < -0.3 is 8.83 Å². The fraction of sp³-hybridized carbons (Fsp3) is 0.308. The number of hydrogen-bond donors (Lipinski definition) is 1. The number of anilines is 2.